The molecule has 0 spiro atoms. The molecule has 4 nitrogen and oxygen atoms in total. The average Bonchev–Trinajstić information content (AvgIpc) is 2.93. The zero-order valence-electron chi connectivity index (χ0n) is 16.2. The van der Waals surface area contributed by atoms with E-state index in [9.17, 15) is 8.42 Å². The summed E-state index contributed by atoms with van der Waals surface area (Å²) in [6.45, 7) is 3.99. The number of hydrogen-bond donors (Lipinski definition) is 0. The van der Waals surface area contributed by atoms with Gasteiger partial charge in [0.25, 0.3) is 0 Å². The molecule has 0 saturated heterocycles. The van der Waals surface area contributed by atoms with E-state index in [1.54, 1.807) is 12.1 Å². The first kappa shape index (κ1) is 19.2. The largest absolute Gasteiger partial charge is 0.320 e. The van der Waals surface area contributed by atoms with Crippen LogP contribution in [0.1, 0.15) is 23.7 Å². The molecule has 0 atom stereocenters. The summed E-state index contributed by atoms with van der Waals surface area (Å²) in [6.07, 6.45) is 4.36. The number of aromatic nitrogens is 1. The first-order chi connectivity index (χ1) is 13.2. The molecule has 0 bridgehead atoms. The second-order valence-electron chi connectivity index (χ2n) is 7.55. The van der Waals surface area contributed by atoms with Crippen molar-refractivity contribution >= 4 is 44.1 Å². The average molecular weight is 415 g/mol. The fourth-order valence-corrected chi connectivity index (χ4v) is 4.68. The van der Waals surface area contributed by atoms with Crippen LogP contribution in [0.25, 0.3) is 22.7 Å². The lowest BCUT2D eigenvalue weighted by molar-refractivity contribution is 0.312. The summed E-state index contributed by atoms with van der Waals surface area (Å²) in [4.78, 5) is 2.67. The maximum atomic E-state index is 11.7. The van der Waals surface area contributed by atoms with E-state index in [-0.39, 0.29) is 0 Å². The van der Waals surface area contributed by atoms with Crippen LogP contribution in [-0.4, -0.2) is 37.7 Å². The first-order valence-corrected chi connectivity index (χ1v) is 11.5. The van der Waals surface area contributed by atoms with Crippen LogP contribution in [0.4, 0.5) is 0 Å². The van der Waals surface area contributed by atoms with Crippen LogP contribution in [0.2, 0.25) is 5.02 Å². The van der Waals surface area contributed by atoms with Gasteiger partial charge in [0, 0.05) is 48.1 Å². The normalized spacial score (nSPS) is 15.8. The summed E-state index contributed by atoms with van der Waals surface area (Å²) >= 11 is 6.27. The molecule has 1 aromatic heterocycles. The second kappa shape index (κ2) is 7.07. The van der Waals surface area contributed by atoms with Crippen LogP contribution in [0, 0.1) is 0 Å². The van der Waals surface area contributed by atoms with E-state index in [2.05, 4.69) is 41.8 Å². The Morgan fingerprint density at radius 2 is 1.86 bits per heavy atom. The lowest BCUT2D eigenvalue weighted by Crippen LogP contribution is -2.26. The van der Waals surface area contributed by atoms with Gasteiger partial charge < -0.3 is 9.47 Å². The van der Waals surface area contributed by atoms with Crippen molar-refractivity contribution in [2.45, 2.75) is 24.8 Å². The van der Waals surface area contributed by atoms with Crippen molar-refractivity contribution in [3.05, 3.63) is 64.3 Å². The van der Waals surface area contributed by atoms with Gasteiger partial charge in [0.15, 0.2) is 9.84 Å². The molecule has 1 aliphatic heterocycles. The molecule has 0 fully saturated rings. The number of hydrogen-bond acceptors (Lipinski definition) is 3. The third-order valence-corrected chi connectivity index (χ3v) is 6.76. The van der Waals surface area contributed by atoms with Crippen LogP contribution < -0.4 is 0 Å². The molecule has 146 valence electrons. The molecule has 1 aliphatic rings. The predicted molar refractivity (Wildman–Crippen MR) is 116 cm³/mol. The van der Waals surface area contributed by atoms with Crippen molar-refractivity contribution in [2.24, 2.45) is 0 Å². The third kappa shape index (κ3) is 3.50. The maximum absolute atomic E-state index is 11.7. The SMILES string of the molecule is C/C(=C\n1c2c(c3cc(Cl)ccc31)CN(C)CC2)c1ccc(S(C)(=O)=O)cc1. The van der Waals surface area contributed by atoms with Gasteiger partial charge in [-0.3, -0.25) is 0 Å². The van der Waals surface area contributed by atoms with Gasteiger partial charge >= 0.3 is 0 Å². The number of halogens is 1. The van der Waals surface area contributed by atoms with Gasteiger partial charge in [0.2, 0.25) is 0 Å². The number of sulfone groups is 1. The van der Waals surface area contributed by atoms with Gasteiger partial charge in [-0.2, -0.15) is 0 Å². The summed E-state index contributed by atoms with van der Waals surface area (Å²) in [7, 11) is -1.05. The Morgan fingerprint density at radius 1 is 1.14 bits per heavy atom. The first-order valence-electron chi connectivity index (χ1n) is 9.22. The van der Waals surface area contributed by atoms with Gasteiger partial charge in [-0.25, -0.2) is 8.42 Å². The molecule has 0 radical (unpaired) electrons. The van der Waals surface area contributed by atoms with Crippen LogP contribution in [0.15, 0.2) is 47.4 Å². The van der Waals surface area contributed by atoms with Crippen LogP contribution in [-0.2, 0) is 22.8 Å². The van der Waals surface area contributed by atoms with Crippen molar-refractivity contribution in [2.75, 3.05) is 19.8 Å². The molecular weight excluding hydrogens is 392 g/mol. The molecule has 3 aromatic rings. The van der Waals surface area contributed by atoms with Gasteiger partial charge in [-0.1, -0.05) is 23.7 Å². The standard InChI is InChI=1S/C22H23ClN2O2S/c1-15(16-4-7-18(8-5-16)28(3,26)27)13-25-21-9-6-17(23)12-19(21)20-14-24(2)11-10-22(20)25/h4-9,12-13H,10-11,14H2,1-3H3/b15-13+. The Balaban J connectivity index is 1.83. The quantitative estimate of drug-likeness (QED) is 0.623. The molecule has 0 amide bonds. The van der Waals surface area contributed by atoms with E-state index in [0.29, 0.717) is 4.90 Å². The van der Waals surface area contributed by atoms with Crippen LogP contribution in [0.3, 0.4) is 0 Å². The van der Waals surface area contributed by atoms with Crippen molar-refractivity contribution in [3.8, 4) is 0 Å². The van der Waals surface area contributed by atoms with Crippen molar-refractivity contribution in [1.82, 2.24) is 9.47 Å². The van der Waals surface area contributed by atoms with Gasteiger partial charge in [-0.05, 0) is 61.0 Å². The maximum Gasteiger partial charge on any atom is 0.175 e. The third-order valence-electron chi connectivity index (χ3n) is 5.40. The molecule has 6 heteroatoms. The van der Waals surface area contributed by atoms with E-state index < -0.39 is 9.84 Å². The van der Waals surface area contributed by atoms with Gasteiger partial charge in [-0.15, -0.1) is 0 Å². The molecule has 28 heavy (non-hydrogen) atoms. The molecular formula is C22H23ClN2O2S. The second-order valence-corrected chi connectivity index (χ2v) is 10.0. The molecule has 2 heterocycles. The Hall–Kier alpha value is -2.08. The zero-order chi connectivity index (χ0) is 20.1. The topological polar surface area (TPSA) is 42.3 Å². The summed E-state index contributed by atoms with van der Waals surface area (Å²) in [5, 5.41) is 1.95. The molecule has 0 unspecified atom stereocenters. The summed E-state index contributed by atoms with van der Waals surface area (Å²) in [6, 6.07) is 13.1. The summed E-state index contributed by atoms with van der Waals surface area (Å²) in [5.74, 6) is 0. The van der Waals surface area contributed by atoms with Crippen molar-refractivity contribution in [1.29, 1.82) is 0 Å². The Kier molecular flexibility index (Phi) is 4.86. The minimum atomic E-state index is -3.19. The number of nitrogens with zero attached hydrogens (tertiary/aromatic N) is 2. The van der Waals surface area contributed by atoms with Crippen molar-refractivity contribution in [3.63, 3.8) is 0 Å². The van der Waals surface area contributed by atoms with E-state index >= 15 is 0 Å². The highest BCUT2D eigenvalue weighted by Crippen LogP contribution is 2.33. The highest BCUT2D eigenvalue weighted by molar-refractivity contribution is 7.90. The van der Waals surface area contributed by atoms with Crippen molar-refractivity contribution < 1.29 is 8.42 Å². The lowest BCUT2D eigenvalue weighted by atomic mass is 10.1. The highest BCUT2D eigenvalue weighted by Gasteiger charge is 2.22. The number of benzene rings is 2. The Morgan fingerprint density at radius 3 is 2.54 bits per heavy atom. The molecule has 0 N–H and O–H groups in total. The molecule has 0 saturated carbocycles. The monoisotopic (exact) mass is 414 g/mol. The van der Waals surface area contributed by atoms with Gasteiger partial charge in [0.1, 0.15) is 0 Å². The van der Waals surface area contributed by atoms with Crippen LogP contribution >= 0.6 is 11.6 Å². The summed E-state index contributed by atoms with van der Waals surface area (Å²) < 4.78 is 25.7. The van der Waals surface area contributed by atoms with E-state index in [1.165, 1.54) is 22.9 Å². The summed E-state index contributed by atoms with van der Waals surface area (Å²) in [5.41, 5.74) is 5.89. The minimum absolute atomic E-state index is 0.338. The lowest BCUT2D eigenvalue weighted by Gasteiger charge is -2.23. The van der Waals surface area contributed by atoms with E-state index in [4.69, 9.17) is 11.6 Å². The highest BCUT2D eigenvalue weighted by atomic mass is 35.5. The Bertz CT molecular complexity index is 1190. The number of rotatable bonds is 3. The zero-order valence-corrected chi connectivity index (χ0v) is 17.8. The smallest absolute Gasteiger partial charge is 0.175 e. The van der Waals surface area contributed by atoms with Crippen LogP contribution in [0.5, 0.6) is 0 Å². The van der Waals surface area contributed by atoms with E-state index in [1.807, 2.05) is 18.2 Å². The molecule has 4 rings (SSSR count). The predicted octanol–water partition coefficient (Wildman–Crippen LogP) is 4.70. The molecule has 2 aromatic carbocycles. The fraction of sp³-hybridized carbons (Fsp3) is 0.273. The fourth-order valence-electron chi connectivity index (χ4n) is 3.88. The van der Waals surface area contributed by atoms with E-state index in [0.717, 1.165) is 41.2 Å². The number of fused-ring (bicyclic) bond motifs is 3. The minimum Gasteiger partial charge on any atom is -0.320 e. The Labute approximate surface area is 171 Å². The van der Waals surface area contributed by atoms with Gasteiger partial charge in [0.05, 0.1) is 10.4 Å². The molecule has 0 aliphatic carbocycles. The number of allylic oxidation sites excluding steroid dienone is 1. The number of likely N-dealkylation sites (N-methyl/N-ethyl adjacent to an activating group) is 1.